The van der Waals surface area contributed by atoms with Crippen LogP contribution in [0.15, 0.2) is 28.7 Å². The number of ether oxygens (including phenoxy) is 1. The molecule has 2 heterocycles. The summed E-state index contributed by atoms with van der Waals surface area (Å²) in [6.45, 7) is 5.23. The number of benzene rings is 1. The molecule has 3 rings (SSSR count). The molecule has 0 saturated carbocycles. The van der Waals surface area contributed by atoms with Crippen molar-refractivity contribution in [2.45, 2.75) is 26.1 Å². The van der Waals surface area contributed by atoms with Gasteiger partial charge in [0.05, 0.1) is 23.0 Å². The molecule has 1 aromatic carbocycles. The van der Waals surface area contributed by atoms with E-state index in [4.69, 9.17) is 4.74 Å². The molecule has 0 N–H and O–H groups in total. The smallest absolute Gasteiger partial charge is 0.436 e. The third-order valence-electron chi connectivity index (χ3n) is 5.09. The lowest BCUT2D eigenvalue weighted by atomic mass is 10.2. The highest BCUT2D eigenvalue weighted by Crippen LogP contribution is 2.36. The van der Waals surface area contributed by atoms with E-state index in [1.165, 1.54) is 6.92 Å². The van der Waals surface area contributed by atoms with E-state index < -0.39 is 17.9 Å². The normalized spacial score (nSPS) is 16.1. The van der Waals surface area contributed by atoms with Crippen LogP contribution in [0.1, 0.15) is 24.4 Å². The molecule has 0 aliphatic carbocycles. The number of halogens is 4. The van der Waals surface area contributed by atoms with Gasteiger partial charge in [0.1, 0.15) is 11.8 Å². The highest BCUT2D eigenvalue weighted by atomic mass is 79.9. The second-order valence-corrected chi connectivity index (χ2v) is 7.64. The highest BCUT2D eigenvalue weighted by Gasteiger charge is 2.39. The molecule has 1 fully saturated rings. The Kier molecular flexibility index (Phi) is 6.11. The number of amides is 1. The van der Waals surface area contributed by atoms with Crippen molar-refractivity contribution in [3.05, 3.63) is 40.1 Å². The predicted molar refractivity (Wildman–Crippen MR) is 106 cm³/mol. The molecule has 29 heavy (non-hydrogen) atoms. The van der Waals surface area contributed by atoms with Gasteiger partial charge in [0.15, 0.2) is 5.69 Å². The van der Waals surface area contributed by atoms with E-state index in [2.05, 4.69) is 25.9 Å². The molecule has 1 aromatic heterocycles. The molecule has 1 aliphatic heterocycles. The van der Waals surface area contributed by atoms with Crippen molar-refractivity contribution < 1.29 is 22.7 Å². The van der Waals surface area contributed by atoms with Crippen LogP contribution in [0.25, 0.3) is 0 Å². The molecule has 1 unspecified atom stereocenters. The van der Waals surface area contributed by atoms with Gasteiger partial charge in [-0.15, -0.1) is 0 Å². The number of carbonyl (C=O) groups is 1. The monoisotopic (exact) mass is 474 g/mol. The second kappa shape index (κ2) is 8.25. The number of methoxy groups -OCH3 is 1. The van der Waals surface area contributed by atoms with Crippen LogP contribution >= 0.6 is 15.9 Å². The minimum atomic E-state index is -4.59. The Morgan fingerprint density at radius 3 is 2.38 bits per heavy atom. The minimum absolute atomic E-state index is 0.134. The van der Waals surface area contributed by atoms with E-state index in [1.54, 1.807) is 18.9 Å². The number of piperazine rings is 1. The van der Waals surface area contributed by atoms with E-state index >= 15 is 0 Å². The summed E-state index contributed by atoms with van der Waals surface area (Å²) in [6.07, 6.45) is -4.59. The van der Waals surface area contributed by atoms with Crippen molar-refractivity contribution in [3.8, 4) is 5.75 Å². The standard InChI is InChI=1S/C19H22BrF3N4O2/c1-12-16(20)17(19(21,22)23)24-27(12)13(2)18(28)26-10-8-25(9-11-26)14-6-4-5-7-15(14)29-3/h4-7,13H,8-11H2,1-3H3. The fourth-order valence-corrected chi connectivity index (χ4v) is 3.97. The quantitative estimate of drug-likeness (QED) is 0.674. The Bertz CT molecular complexity index is 892. The van der Waals surface area contributed by atoms with Crippen LogP contribution in [0.4, 0.5) is 18.9 Å². The fraction of sp³-hybridized carbons (Fsp3) is 0.474. The Labute approximate surface area is 175 Å². The molecule has 1 atom stereocenters. The van der Waals surface area contributed by atoms with Crippen LogP contribution in [0.2, 0.25) is 0 Å². The number of para-hydroxylation sites is 2. The Morgan fingerprint density at radius 2 is 1.83 bits per heavy atom. The van der Waals surface area contributed by atoms with E-state index in [9.17, 15) is 18.0 Å². The lowest BCUT2D eigenvalue weighted by molar-refractivity contribution is -0.143. The van der Waals surface area contributed by atoms with Gasteiger partial charge < -0.3 is 14.5 Å². The van der Waals surface area contributed by atoms with Crippen molar-refractivity contribution in [1.82, 2.24) is 14.7 Å². The second-order valence-electron chi connectivity index (χ2n) is 6.85. The lowest BCUT2D eigenvalue weighted by Gasteiger charge is -2.37. The van der Waals surface area contributed by atoms with Gasteiger partial charge in [-0.25, -0.2) is 0 Å². The number of hydrogen-bond donors (Lipinski definition) is 0. The van der Waals surface area contributed by atoms with Gasteiger partial charge in [-0.05, 0) is 41.9 Å². The molecule has 1 aliphatic rings. The summed E-state index contributed by atoms with van der Waals surface area (Å²) in [4.78, 5) is 16.7. The molecule has 6 nitrogen and oxygen atoms in total. The lowest BCUT2D eigenvalue weighted by Crippen LogP contribution is -2.50. The first-order valence-corrected chi connectivity index (χ1v) is 9.93. The van der Waals surface area contributed by atoms with Crippen LogP contribution in [0.5, 0.6) is 5.75 Å². The van der Waals surface area contributed by atoms with Crippen molar-refractivity contribution in [3.63, 3.8) is 0 Å². The number of anilines is 1. The van der Waals surface area contributed by atoms with Gasteiger partial charge in [0.25, 0.3) is 0 Å². The van der Waals surface area contributed by atoms with E-state index in [0.29, 0.717) is 26.2 Å². The zero-order valence-electron chi connectivity index (χ0n) is 16.3. The molecule has 0 radical (unpaired) electrons. The van der Waals surface area contributed by atoms with Crippen molar-refractivity contribution >= 4 is 27.5 Å². The fourth-order valence-electron chi connectivity index (χ4n) is 3.48. The SMILES string of the molecule is COc1ccccc1N1CCN(C(=O)C(C)n2nc(C(F)(F)F)c(Br)c2C)CC1. The molecular formula is C19H22BrF3N4O2. The molecular weight excluding hydrogens is 453 g/mol. The van der Waals surface area contributed by atoms with Crippen LogP contribution in [0.3, 0.4) is 0 Å². The van der Waals surface area contributed by atoms with E-state index in [0.717, 1.165) is 16.1 Å². The van der Waals surface area contributed by atoms with Gasteiger partial charge >= 0.3 is 6.18 Å². The third kappa shape index (κ3) is 4.22. The molecule has 10 heteroatoms. The highest BCUT2D eigenvalue weighted by molar-refractivity contribution is 9.10. The predicted octanol–water partition coefficient (Wildman–Crippen LogP) is 3.89. The third-order valence-corrected chi connectivity index (χ3v) is 6.04. The molecule has 158 valence electrons. The van der Waals surface area contributed by atoms with Crippen LogP contribution in [0, 0.1) is 6.92 Å². The molecule has 1 saturated heterocycles. The zero-order chi connectivity index (χ0) is 21.3. The number of carbonyl (C=O) groups excluding carboxylic acids is 1. The first kappa shape index (κ1) is 21.5. The summed E-state index contributed by atoms with van der Waals surface area (Å²) in [5.74, 6) is 0.508. The summed E-state index contributed by atoms with van der Waals surface area (Å²) in [7, 11) is 1.61. The Morgan fingerprint density at radius 1 is 1.21 bits per heavy atom. The van der Waals surface area contributed by atoms with E-state index in [1.807, 2.05) is 24.3 Å². The molecule has 0 bridgehead atoms. The van der Waals surface area contributed by atoms with Crippen LogP contribution in [-0.2, 0) is 11.0 Å². The van der Waals surface area contributed by atoms with Gasteiger partial charge in [0, 0.05) is 26.2 Å². The average Bonchev–Trinajstić information content (AvgIpc) is 3.02. The Balaban J connectivity index is 1.71. The Hall–Kier alpha value is -2.23. The van der Waals surface area contributed by atoms with Crippen molar-refractivity contribution in [1.29, 1.82) is 0 Å². The average molecular weight is 475 g/mol. The largest absolute Gasteiger partial charge is 0.495 e. The first-order chi connectivity index (χ1) is 13.6. The van der Waals surface area contributed by atoms with Crippen molar-refractivity contribution in [2.75, 3.05) is 38.2 Å². The minimum Gasteiger partial charge on any atom is -0.495 e. The number of rotatable bonds is 4. The van der Waals surface area contributed by atoms with Crippen molar-refractivity contribution in [2.24, 2.45) is 0 Å². The number of alkyl halides is 3. The van der Waals surface area contributed by atoms with Gasteiger partial charge in [-0.1, -0.05) is 12.1 Å². The van der Waals surface area contributed by atoms with Crippen LogP contribution < -0.4 is 9.64 Å². The summed E-state index contributed by atoms with van der Waals surface area (Å²) < 4.78 is 45.7. The number of aromatic nitrogens is 2. The van der Waals surface area contributed by atoms with Gasteiger partial charge in [0.2, 0.25) is 5.91 Å². The maximum Gasteiger partial charge on any atom is 0.436 e. The summed E-state index contributed by atoms with van der Waals surface area (Å²) >= 11 is 2.95. The molecule has 0 spiro atoms. The number of nitrogens with zero attached hydrogens (tertiary/aromatic N) is 4. The first-order valence-electron chi connectivity index (χ1n) is 9.13. The molecule has 1 amide bonds. The summed E-state index contributed by atoms with van der Waals surface area (Å²) in [5, 5.41) is 3.65. The van der Waals surface area contributed by atoms with E-state index in [-0.39, 0.29) is 16.1 Å². The zero-order valence-corrected chi connectivity index (χ0v) is 17.9. The summed E-state index contributed by atoms with van der Waals surface area (Å²) in [6, 6.07) is 6.82. The van der Waals surface area contributed by atoms with Gasteiger partial charge in [-0.2, -0.15) is 18.3 Å². The number of hydrogen-bond acceptors (Lipinski definition) is 4. The topological polar surface area (TPSA) is 50.6 Å². The maximum absolute atomic E-state index is 13.1. The van der Waals surface area contributed by atoms with Crippen LogP contribution in [-0.4, -0.2) is 53.9 Å². The summed E-state index contributed by atoms with van der Waals surface area (Å²) in [5.41, 5.74) is 0.207. The molecule has 2 aromatic rings. The van der Waals surface area contributed by atoms with Gasteiger partial charge in [-0.3, -0.25) is 9.48 Å². The maximum atomic E-state index is 13.1.